The summed E-state index contributed by atoms with van der Waals surface area (Å²) in [7, 11) is 1.44. The summed E-state index contributed by atoms with van der Waals surface area (Å²) in [5.41, 5.74) is 7.71. The third-order valence-electron chi connectivity index (χ3n) is 5.03. The van der Waals surface area contributed by atoms with Gasteiger partial charge in [-0.05, 0) is 47.7 Å². The first-order valence-corrected chi connectivity index (χ1v) is 8.49. The second kappa shape index (κ2) is 6.68. The molecule has 0 fully saturated rings. The zero-order valence-corrected chi connectivity index (χ0v) is 14.9. The van der Waals surface area contributed by atoms with Gasteiger partial charge in [0.25, 0.3) is 0 Å². The molecule has 3 nitrogen and oxygen atoms in total. The zero-order valence-electron chi connectivity index (χ0n) is 14.9. The SMILES string of the molecule is COC(=O)Cc1ccc2c(c1)N(Cc1c(C)cccc1C)CC2C. The molecule has 1 aliphatic rings. The Bertz CT molecular complexity index is 746. The maximum absolute atomic E-state index is 11.6. The minimum atomic E-state index is -0.192. The number of aryl methyl sites for hydroxylation is 2. The van der Waals surface area contributed by atoms with E-state index in [-0.39, 0.29) is 5.97 Å². The Hall–Kier alpha value is -2.29. The highest BCUT2D eigenvalue weighted by atomic mass is 16.5. The van der Waals surface area contributed by atoms with Crippen LogP contribution in [0.25, 0.3) is 0 Å². The van der Waals surface area contributed by atoms with Gasteiger partial charge in [-0.25, -0.2) is 0 Å². The van der Waals surface area contributed by atoms with Gasteiger partial charge in [-0.1, -0.05) is 37.3 Å². The third kappa shape index (κ3) is 3.16. The van der Waals surface area contributed by atoms with Crippen LogP contribution in [0.15, 0.2) is 36.4 Å². The second-order valence-corrected chi connectivity index (χ2v) is 6.80. The van der Waals surface area contributed by atoms with E-state index in [1.807, 2.05) is 0 Å². The molecule has 1 unspecified atom stereocenters. The summed E-state index contributed by atoms with van der Waals surface area (Å²) < 4.78 is 4.80. The molecule has 126 valence electrons. The summed E-state index contributed by atoms with van der Waals surface area (Å²) in [6.07, 6.45) is 0.329. The number of benzene rings is 2. The number of ether oxygens (including phenoxy) is 1. The molecule has 0 saturated heterocycles. The Kier molecular flexibility index (Phi) is 4.61. The normalized spacial score (nSPS) is 16.2. The minimum absolute atomic E-state index is 0.192. The summed E-state index contributed by atoms with van der Waals surface area (Å²) >= 11 is 0. The van der Waals surface area contributed by atoms with Crippen molar-refractivity contribution in [1.29, 1.82) is 0 Å². The van der Waals surface area contributed by atoms with E-state index < -0.39 is 0 Å². The quantitative estimate of drug-likeness (QED) is 0.792. The first-order valence-electron chi connectivity index (χ1n) is 8.49. The van der Waals surface area contributed by atoms with Crippen LogP contribution >= 0.6 is 0 Å². The van der Waals surface area contributed by atoms with Crippen molar-refractivity contribution in [3.05, 3.63) is 64.2 Å². The predicted molar refractivity (Wildman–Crippen MR) is 97.5 cm³/mol. The number of rotatable bonds is 4. The van der Waals surface area contributed by atoms with Gasteiger partial charge in [-0.15, -0.1) is 0 Å². The van der Waals surface area contributed by atoms with Crippen LogP contribution in [-0.4, -0.2) is 19.6 Å². The van der Waals surface area contributed by atoms with Crippen molar-refractivity contribution in [2.75, 3.05) is 18.6 Å². The van der Waals surface area contributed by atoms with E-state index in [9.17, 15) is 4.79 Å². The first kappa shape index (κ1) is 16.6. The van der Waals surface area contributed by atoms with Gasteiger partial charge >= 0.3 is 5.97 Å². The average molecular weight is 323 g/mol. The van der Waals surface area contributed by atoms with Crippen LogP contribution in [0.3, 0.4) is 0 Å². The number of esters is 1. The minimum Gasteiger partial charge on any atom is -0.469 e. The molecule has 0 aliphatic carbocycles. The van der Waals surface area contributed by atoms with Crippen molar-refractivity contribution < 1.29 is 9.53 Å². The Balaban J connectivity index is 1.90. The van der Waals surface area contributed by atoms with Crippen molar-refractivity contribution in [3.63, 3.8) is 0 Å². The molecule has 0 aromatic heterocycles. The number of fused-ring (bicyclic) bond motifs is 1. The van der Waals surface area contributed by atoms with Crippen LogP contribution in [0.5, 0.6) is 0 Å². The Morgan fingerprint density at radius 1 is 1.21 bits per heavy atom. The number of anilines is 1. The van der Waals surface area contributed by atoms with Crippen LogP contribution in [-0.2, 0) is 22.5 Å². The maximum atomic E-state index is 11.6. The van der Waals surface area contributed by atoms with Gasteiger partial charge in [0.1, 0.15) is 0 Å². The molecule has 0 saturated carbocycles. The Morgan fingerprint density at radius 2 is 1.92 bits per heavy atom. The Labute approximate surface area is 144 Å². The second-order valence-electron chi connectivity index (χ2n) is 6.80. The van der Waals surface area contributed by atoms with Crippen molar-refractivity contribution in [3.8, 4) is 0 Å². The lowest BCUT2D eigenvalue weighted by molar-refractivity contribution is -0.139. The summed E-state index contributed by atoms with van der Waals surface area (Å²) in [4.78, 5) is 14.0. The lowest BCUT2D eigenvalue weighted by atomic mass is 10.0. The molecule has 24 heavy (non-hydrogen) atoms. The van der Waals surface area contributed by atoms with Crippen molar-refractivity contribution in [1.82, 2.24) is 0 Å². The standard InChI is InChI=1S/C21H25NO2/c1-14-6-5-7-15(2)19(14)13-22-12-16(3)18-9-8-17(10-20(18)22)11-21(23)24-4/h5-10,16H,11-13H2,1-4H3. The molecule has 0 spiro atoms. The summed E-state index contributed by atoms with van der Waals surface area (Å²) in [5.74, 6) is 0.318. The fourth-order valence-electron chi connectivity index (χ4n) is 3.59. The van der Waals surface area contributed by atoms with Crippen molar-refractivity contribution in [2.45, 2.75) is 39.7 Å². The van der Waals surface area contributed by atoms with E-state index in [1.54, 1.807) is 0 Å². The van der Waals surface area contributed by atoms with Gasteiger partial charge in [0, 0.05) is 24.7 Å². The fraction of sp³-hybridized carbons (Fsp3) is 0.381. The molecule has 2 aromatic rings. The first-order chi connectivity index (χ1) is 11.5. The Morgan fingerprint density at radius 3 is 2.58 bits per heavy atom. The van der Waals surface area contributed by atoms with Gasteiger partial charge < -0.3 is 9.64 Å². The van der Waals surface area contributed by atoms with Gasteiger partial charge in [0.05, 0.1) is 13.5 Å². The fourth-order valence-corrected chi connectivity index (χ4v) is 3.59. The molecule has 3 heteroatoms. The molecular weight excluding hydrogens is 298 g/mol. The lowest BCUT2D eigenvalue weighted by Gasteiger charge is -2.23. The van der Waals surface area contributed by atoms with E-state index in [0.29, 0.717) is 12.3 Å². The molecule has 1 atom stereocenters. The molecule has 0 N–H and O–H groups in total. The molecule has 0 bridgehead atoms. The number of hydrogen-bond acceptors (Lipinski definition) is 3. The molecule has 0 radical (unpaired) electrons. The summed E-state index contributed by atoms with van der Waals surface area (Å²) in [5, 5.41) is 0. The van der Waals surface area contributed by atoms with Crippen LogP contribution in [0.1, 0.15) is 40.7 Å². The molecule has 1 heterocycles. The van der Waals surface area contributed by atoms with Crippen LogP contribution in [0, 0.1) is 13.8 Å². The van der Waals surface area contributed by atoms with Crippen LogP contribution in [0.4, 0.5) is 5.69 Å². The predicted octanol–water partition coefficient (Wildman–Crippen LogP) is 4.14. The number of hydrogen-bond donors (Lipinski definition) is 0. The van der Waals surface area contributed by atoms with E-state index in [2.05, 4.69) is 62.1 Å². The number of nitrogens with zero attached hydrogens (tertiary/aromatic N) is 1. The number of methoxy groups -OCH3 is 1. The maximum Gasteiger partial charge on any atom is 0.309 e. The van der Waals surface area contributed by atoms with Crippen LogP contribution in [0.2, 0.25) is 0 Å². The van der Waals surface area contributed by atoms with Gasteiger partial charge in [-0.2, -0.15) is 0 Å². The van der Waals surface area contributed by atoms with E-state index in [0.717, 1.165) is 18.7 Å². The largest absolute Gasteiger partial charge is 0.469 e. The van der Waals surface area contributed by atoms with Crippen molar-refractivity contribution >= 4 is 11.7 Å². The molecule has 3 rings (SSSR count). The average Bonchev–Trinajstić information content (AvgIpc) is 2.86. The van der Waals surface area contributed by atoms with Gasteiger partial charge in [-0.3, -0.25) is 4.79 Å². The molecule has 1 aliphatic heterocycles. The molecule has 0 amide bonds. The van der Waals surface area contributed by atoms with Gasteiger partial charge in [0.2, 0.25) is 0 Å². The monoisotopic (exact) mass is 323 g/mol. The van der Waals surface area contributed by atoms with Gasteiger partial charge in [0.15, 0.2) is 0 Å². The summed E-state index contributed by atoms with van der Waals surface area (Å²) in [6.45, 7) is 8.55. The highest BCUT2D eigenvalue weighted by molar-refractivity contribution is 5.74. The molecular formula is C21H25NO2. The topological polar surface area (TPSA) is 29.5 Å². The van der Waals surface area contributed by atoms with Crippen molar-refractivity contribution in [2.24, 2.45) is 0 Å². The summed E-state index contributed by atoms with van der Waals surface area (Å²) in [6, 6.07) is 12.8. The molecule has 2 aromatic carbocycles. The number of carbonyl (C=O) groups excluding carboxylic acids is 1. The highest BCUT2D eigenvalue weighted by Crippen LogP contribution is 2.38. The smallest absolute Gasteiger partial charge is 0.309 e. The zero-order chi connectivity index (χ0) is 17.3. The highest BCUT2D eigenvalue weighted by Gasteiger charge is 2.26. The van der Waals surface area contributed by atoms with E-state index in [1.165, 1.54) is 35.1 Å². The van der Waals surface area contributed by atoms with E-state index >= 15 is 0 Å². The number of carbonyl (C=O) groups is 1. The van der Waals surface area contributed by atoms with Crippen LogP contribution < -0.4 is 4.90 Å². The third-order valence-corrected chi connectivity index (χ3v) is 5.03. The van der Waals surface area contributed by atoms with E-state index in [4.69, 9.17) is 4.74 Å². The lowest BCUT2D eigenvalue weighted by Crippen LogP contribution is -2.22.